The third-order valence-electron chi connectivity index (χ3n) is 5.73. The number of hydrogen-bond donors (Lipinski definition) is 3. The quantitative estimate of drug-likeness (QED) is 0.161. The van der Waals surface area contributed by atoms with Crippen LogP contribution in [0.5, 0.6) is 0 Å². The first-order chi connectivity index (χ1) is 18.7. The minimum absolute atomic E-state index is 0.0342. The number of hydrogen-bond acceptors (Lipinski definition) is 7. The van der Waals surface area contributed by atoms with Gasteiger partial charge in [-0.05, 0) is 23.8 Å². The van der Waals surface area contributed by atoms with Gasteiger partial charge in [-0.25, -0.2) is 9.37 Å². The van der Waals surface area contributed by atoms with Gasteiger partial charge in [0, 0.05) is 29.5 Å². The lowest BCUT2D eigenvalue weighted by Crippen LogP contribution is -2.19. The Morgan fingerprint density at radius 2 is 1.82 bits per heavy atom. The molecule has 0 aliphatic carbocycles. The average molecular weight is 557 g/mol. The molecule has 3 heterocycles. The van der Waals surface area contributed by atoms with Crippen molar-refractivity contribution in [1.29, 1.82) is 5.26 Å². The predicted molar refractivity (Wildman–Crippen MR) is 132 cm³/mol. The maximum Gasteiger partial charge on any atom is 0.416 e. The zero-order valence-electron chi connectivity index (χ0n) is 19.4. The van der Waals surface area contributed by atoms with E-state index in [1.165, 1.54) is 42.7 Å². The van der Waals surface area contributed by atoms with Gasteiger partial charge in [-0.2, -0.15) is 22.8 Å². The van der Waals surface area contributed by atoms with Crippen LogP contribution in [0.15, 0.2) is 61.1 Å². The highest BCUT2D eigenvalue weighted by atomic mass is 35.5. The van der Waals surface area contributed by atoms with Crippen LogP contribution in [0.4, 0.5) is 39.0 Å². The van der Waals surface area contributed by atoms with Crippen LogP contribution in [-0.2, 0) is 6.18 Å². The molecule has 0 aliphatic heterocycles. The van der Waals surface area contributed by atoms with Crippen LogP contribution in [-0.4, -0.2) is 25.4 Å². The monoisotopic (exact) mass is 556 g/mol. The van der Waals surface area contributed by atoms with Crippen molar-refractivity contribution < 1.29 is 22.0 Å². The topological polar surface area (TPSA) is 115 Å². The van der Waals surface area contributed by atoms with Gasteiger partial charge >= 0.3 is 6.18 Å². The number of aromatic amines is 1. The number of nitrogens with one attached hydrogen (secondary N) is 3. The molecule has 0 saturated heterocycles. The number of fused-ring (bicyclic) bond motifs is 1. The predicted octanol–water partition coefficient (Wildman–Crippen LogP) is 6.52. The second-order valence-corrected chi connectivity index (χ2v) is 8.60. The molecule has 196 valence electrons. The lowest BCUT2D eigenvalue weighted by molar-refractivity contribution is -0.138. The highest BCUT2D eigenvalue weighted by molar-refractivity contribution is 6.36. The van der Waals surface area contributed by atoms with E-state index in [-0.39, 0.29) is 49.8 Å². The molecule has 0 aliphatic rings. The fourth-order valence-corrected chi connectivity index (χ4v) is 4.30. The van der Waals surface area contributed by atoms with Gasteiger partial charge in [-0.1, -0.05) is 35.0 Å². The Labute approximate surface area is 221 Å². The molecular formula is C25H14ClF5N8. The van der Waals surface area contributed by atoms with Crippen molar-refractivity contribution in [2.45, 2.75) is 12.2 Å². The van der Waals surface area contributed by atoms with E-state index < -0.39 is 29.5 Å². The van der Waals surface area contributed by atoms with Gasteiger partial charge < -0.3 is 10.6 Å². The number of aromatic nitrogens is 5. The molecule has 5 rings (SSSR count). The largest absolute Gasteiger partial charge is 0.416 e. The van der Waals surface area contributed by atoms with Crippen LogP contribution in [0.25, 0.3) is 10.9 Å². The molecule has 1 atom stereocenters. The van der Waals surface area contributed by atoms with Gasteiger partial charge in [0.05, 0.1) is 45.3 Å². The van der Waals surface area contributed by atoms with E-state index in [1.54, 1.807) is 0 Å². The van der Waals surface area contributed by atoms with Crippen molar-refractivity contribution in [3.8, 4) is 6.07 Å². The molecule has 5 aromatic rings. The zero-order valence-corrected chi connectivity index (χ0v) is 20.1. The van der Waals surface area contributed by atoms with Gasteiger partial charge in [0.1, 0.15) is 11.8 Å². The van der Waals surface area contributed by atoms with Crippen LogP contribution in [0.1, 0.15) is 28.4 Å². The smallest absolute Gasteiger partial charge is 0.373 e. The summed E-state index contributed by atoms with van der Waals surface area (Å²) in [4.78, 5) is 7.54. The Morgan fingerprint density at radius 3 is 2.51 bits per heavy atom. The van der Waals surface area contributed by atoms with E-state index in [0.29, 0.717) is 0 Å². The fraction of sp³-hybridized carbons (Fsp3) is 0.0800. The maximum absolute atomic E-state index is 13.9. The Kier molecular flexibility index (Phi) is 6.71. The van der Waals surface area contributed by atoms with Crippen molar-refractivity contribution in [2.24, 2.45) is 0 Å². The average Bonchev–Trinajstić information content (AvgIpc) is 3.44. The van der Waals surface area contributed by atoms with E-state index in [0.717, 1.165) is 18.3 Å². The molecule has 0 amide bonds. The number of anilines is 3. The molecule has 8 nitrogen and oxygen atoms in total. The van der Waals surface area contributed by atoms with Gasteiger partial charge in [0.2, 0.25) is 5.95 Å². The standard InChI is InChI=1S/C25H14ClF5N8/c26-18-6-13(36-23(20-11-35-39-38-20)15-3-1-2-4-17(15)25(29,30)31)5-16-21(12(8-32)9-33-22(16)18)37-14-7-19(27)24(28)34-10-14/h1-7,9-11,23,36H,(H,33,37)(H,35,38,39)/t23-/m0/s1. The Balaban J connectivity index is 1.64. The molecule has 2 aromatic carbocycles. The number of nitrogens with zero attached hydrogens (tertiary/aromatic N) is 5. The number of nitriles is 1. The van der Waals surface area contributed by atoms with Gasteiger partial charge in [0.25, 0.3) is 0 Å². The number of H-pyrrole nitrogens is 1. The summed E-state index contributed by atoms with van der Waals surface area (Å²) < 4.78 is 68.7. The number of rotatable bonds is 6. The van der Waals surface area contributed by atoms with Crippen molar-refractivity contribution in [3.63, 3.8) is 0 Å². The highest BCUT2D eigenvalue weighted by Crippen LogP contribution is 2.39. The van der Waals surface area contributed by atoms with E-state index in [4.69, 9.17) is 11.6 Å². The minimum atomic E-state index is -4.65. The Morgan fingerprint density at radius 1 is 1.03 bits per heavy atom. The van der Waals surface area contributed by atoms with Gasteiger partial charge in [-0.15, -0.1) is 5.10 Å². The molecule has 0 bridgehead atoms. The fourth-order valence-electron chi connectivity index (χ4n) is 4.03. The minimum Gasteiger partial charge on any atom is -0.373 e. The first-order valence-corrected chi connectivity index (χ1v) is 11.4. The highest BCUT2D eigenvalue weighted by Gasteiger charge is 2.36. The summed E-state index contributed by atoms with van der Waals surface area (Å²) in [6, 6.07) is 9.68. The first kappa shape index (κ1) is 25.8. The van der Waals surface area contributed by atoms with E-state index in [1.807, 2.05) is 6.07 Å². The number of benzene rings is 2. The summed E-state index contributed by atoms with van der Waals surface area (Å²) in [5.41, 5.74) is -0.117. The maximum atomic E-state index is 13.9. The van der Waals surface area contributed by atoms with Crippen LogP contribution in [0, 0.1) is 23.1 Å². The van der Waals surface area contributed by atoms with Crippen LogP contribution >= 0.6 is 11.6 Å². The number of halogens is 6. The molecular weight excluding hydrogens is 543 g/mol. The Hall–Kier alpha value is -4.83. The zero-order chi connectivity index (χ0) is 27.7. The van der Waals surface area contributed by atoms with Crippen molar-refractivity contribution in [1.82, 2.24) is 25.4 Å². The van der Waals surface area contributed by atoms with Crippen molar-refractivity contribution in [3.05, 3.63) is 100 Å². The molecule has 0 radical (unpaired) electrons. The van der Waals surface area contributed by atoms with Crippen LogP contribution in [0.3, 0.4) is 0 Å². The first-order valence-electron chi connectivity index (χ1n) is 11.0. The molecule has 0 fully saturated rings. The third-order valence-corrected chi connectivity index (χ3v) is 6.02. The number of pyridine rings is 2. The summed E-state index contributed by atoms with van der Waals surface area (Å²) in [6.45, 7) is 0. The molecule has 0 unspecified atom stereocenters. The summed E-state index contributed by atoms with van der Waals surface area (Å²) in [5.74, 6) is -2.51. The third kappa shape index (κ3) is 5.14. The second kappa shape index (κ2) is 10.1. The summed E-state index contributed by atoms with van der Waals surface area (Å²) in [6.07, 6.45) is -1.02. The summed E-state index contributed by atoms with van der Waals surface area (Å²) in [7, 11) is 0. The normalized spacial score (nSPS) is 12.2. The van der Waals surface area contributed by atoms with E-state index in [2.05, 4.69) is 36.0 Å². The van der Waals surface area contributed by atoms with Crippen molar-refractivity contribution >= 4 is 39.6 Å². The van der Waals surface area contributed by atoms with Crippen LogP contribution < -0.4 is 10.6 Å². The van der Waals surface area contributed by atoms with E-state index in [9.17, 15) is 27.2 Å². The molecule has 39 heavy (non-hydrogen) atoms. The molecule has 0 saturated carbocycles. The molecule has 0 spiro atoms. The summed E-state index contributed by atoms with van der Waals surface area (Å²) in [5, 5.41) is 25.9. The second-order valence-electron chi connectivity index (χ2n) is 8.20. The van der Waals surface area contributed by atoms with Crippen LogP contribution in [0.2, 0.25) is 5.02 Å². The van der Waals surface area contributed by atoms with Gasteiger partial charge in [0.15, 0.2) is 5.82 Å². The van der Waals surface area contributed by atoms with Crippen molar-refractivity contribution in [2.75, 3.05) is 10.6 Å². The molecule has 3 N–H and O–H groups in total. The Bertz CT molecular complexity index is 1720. The van der Waals surface area contributed by atoms with E-state index >= 15 is 0 Å². The lowest BCUT2D eigenvalue weighted by atomic mass is 9.97. The lowest BCUT2D eigenvalue weighted by Gasteiger charge is -2.23. The number of alkyl halides is 3. The molecule has 14 heteroatoms. The van der Waals surface area contributed by atoms with Gasteiger partial charge in [-0.3, -0.25) is 10.1 Å². The SMILES string of the molecule is N#Cc1cnc2c(Cl)cc(N[C@H](c3c[nH]nn3)c3ccccc3C(F)(F)F)cc2c1Nc1cnc(F)c(F)c1. The molecule has 3 aromatic heterocycles. The summed E-state index contributed by atoms with van der Waals surface area (Å²) >= 11 is 6.49.